The second-order valence-electron chi connectivity index (χ2n) is 4.59. The zero-order valence-corrected chi connectivity index (χ0v) is 12.1. The summed E-state index contributed by atoms with van der Waals surface area (Å²) in [5.41, 5.74) is 0. The van der Waals surface area contributed by atoms with Crippen LogP contribution in [0.15, 0.2) is 28.9 Å². The highest BCUT2D eigenvalue weighted by molar-refractivity contribution is 5.47. The van der Waals surface area contributed by atoms with Crippen LogP contribution in [0, 0.1) is 0 Å². The van der Waals surface area contributed by atoms with E-state index in [0.29, 0.717) is 0 Å². The molecule has 0 amide bonds. The molecular formula is C15H22N4O. The molecule has 5 heteroatoms. The van der Waals surface area contributed by atoms with Gasteiger partial charge in [0.1, 0.15) is 23.2 Å². The Balaban J connectivity index is 1.97. The van der Waals surface area contributed by atoms with E-state index >= 15 is 0 Å². The molecule has 108 valence electrons. The van der Waals surface area contributed by atoms with Crippen LogP contribution < -0.4 is 10.6 Å². The zero-order chi connectivity index (χ0) is 14.2. The van der Waals surface area contributed by atoms with Crippen molar-refractivity contribution in [2.24, 2.45) is 0 Å². The third-order valence-electron chi connectivity index (χ3n) is 2.86. The smallest absolute Gasteiger partial charge is 0.133 e. The fourth-order valence-electron chi connectivity index (χ4n) is 1.96. The standard InChI is InChI=1S/C15H22N4O/c1-3-6-13-18-14(16-4-2)11-15(19-13)17-9-8-12-7-5-10-20-12/h5,7,10-11H,3-4,6,8-9H2,1-2H3,(H2,16,17,18,19). The summed E-state index contributed by atoms with van der Waals surface area (Å²) in [6, 6.07) is 5.84. The van der Waals surface area contributed by atoms with E-state index in [1.165, 1.54) is 0 Å². The van der Waals surface area contributed by atoms with Crippen LogP contribution in [0.5, 0.6) is 0 Å². The minimum atomic E-state index is 0.793. The first-order valence-corrected chi connectivity index (χ1v) is 7.20. The third kappa shape index (κ3) is 4.26. The minimum Gasteiger partial charge on any atom is -0.469 e. The van der Waals surface area contributed by atoms with Crippen molar-refractivity contribution >= 4 is 11.6 Å². The lowest BCUT2D eigenvalue weighted by Gasteiger charge is -2.10. The van der Waals surface area contributed by atoms with Gasteiger partial charge in [0.25, 0.3) is 0 Å². The highest BCUT2D eigenvalue weighted by Crippen LogP contribution is 2.12. The van der Waals surface area contributed by atoms with E-state index in [4.69, 9.17) is 4.42 Å². The summed E-state index contributed by atoms with van der Waals surface area (Å²) < 4.78 is 5.31. The number of hydrogen-bond acceptors (Lipinski definition) is 5. The maximum atomic E-state index is 5.31. The fraction of sp³-hybridized carbons (Fsp3) is 0.467. The van der Waals surface area contributed by atoms with Crippen LogP contribution in [0.4, 0.5) is 11.6 Å². The van der Waals surface area contributed by atoms with Crippen molar-refractivity contribution in [1.29, 1.82) is 0 Å². The summed E-state index contributed by atoms with van der Waals surface area (Å²) in [5.74, 6) is 3.61. The van der Waals surface area contributed by atoms with Gasteiger partial charge in [0.15, 0.2) is 0 Å². The monoisotopic (exact) mass is 274 g/mol. The normalized spacial score (nSPS) is 10.5. The Morgan fingerprint density at radius 1 is 1.10 bits per heavy atom. The number of aryl methyl sites for hydroxylation is 1. The van der Waals surface area contributed by atoms with Crippen molar-refractivity contribution in [1.82, 2.24) is 9.97 Å². The molecule has 0 unspecified atom stereocenters. The molecule has 0 aliphatic rings. The van der Waals surface area contributed by atoms with Gasteiger partial charge in [0.2, 0.25) is 0 Å². The van der Waals surface area contributed by atoms with Crippen LogP contribution in [0.1, 0.15) is 31.9 Å². The molecule has 0 aliphatic carbocycles. The molecule has 0 bridgehead atoms. The first kappa shape index (κ1) is 14.4. The Bertz CT molecular complexity index is 486. The highest BCUT2D eigenvalue weighted by Gasteiger charge is 2.04. The van der Waals surface area contributed by atoms with Crippen molar-refractivity contribution < 1.29 is 4.42 Å². The van der Waals surface area contributed by atoms with E-state index < -0.39 is 0 Å². The van der Waals surface area contributed by atoms with E-state index in [1.807, 2.05) is 18.2 Å². The van der Waals surface area contributed by atoms with Gasteiger partial charge in [-0.1, -0.05) is 6.92 Å². The van der Waals surface area contributed by atoms with Crippen LogP contribution in [0.3, 0.4) is 0 Å². The summed E-state index contributed by atoms with van der Waals surface area (Å²) in [6.45, 7) is 5.84. The zero-order valence-electron chi connectivity index (χ0n) is 12.1. The Hall–Kier alpha value is -2.04. The molecule has 2 heterocycles. The summed E-state index contributed by atoms with van der Waals surface area (Å²) in [5, 5.41) is 6.57. The third-order valence-corrected chi connectivity index (χ3v) is 2.86. The van der Waals surface area contributed by atoms with Crippen molar-refractivity contribution in [2.45, 2.75) is 33.1 Å². The maximum Gasteiger partial charge on any atom is 0.133 e. The van der Waals surface area contributed by atoms with Gasteiger partial charge in [-0.2, -0.15) is 0 Å². The van der Waals surface area contributed by atoms with E-state index in [1.54, 1.807) is 6.26 Å². The van der Waals surface area contributed by atoms with Gasteiger partial charge < -0.3 is 15.1 Å². The molecule has 0 saturated carbocycles. The largest absolute Gasteiger partial charge is 0.469 e. The van der Waals surface area contributed by atoms with E-state index in [0.717, 1.165) is 55.6 Å². The van der Waals surface area contributed by atoms with Crippen LogP contribution in [0.25, 0.3) is 0 Å². The first-order chi connectivity index (χ1) is 9.81. The molecular weight excluding hydrogens is 252 g/mol. The summed E-state index contributed by atoms with van der Waals surface area (Å²) in [6.07, 6.45) is 4.48. The number of nitrogens with one attached hydrogen (secondary N) is 2. The van der Waals surface area contributed by atoms with Gasteiger partial charge in [-0.3, -0.25) is 0 Å². The average molecular weight is 274 g/mol. The molecule has 0 saturated heterocycles. The topological polar surface area (TPSA) is 63.0 Å². The number of nitrogens with zero attached hydrogens (tertiary/aromatic N) is 2. The number of aromatic nitrogens is 2. The molecule has 5 nitrogen and oxygen atoms in total. The lowest BCUT2D eigenvalue weighted by Crippen LogP contribution is -2.10. The highest BCUT2D eigenvalue weighted by atomic mass is 16.3. The molecule has 0 aromatic carbocycles. The first-order valence-electron chi connectivity index (χ1n) is 7.20. The summed E-state index contributed by atoms with van der Waals surface area (Å²) in [4.78, 5) is 9.02. The van der Waals surface area contributed by atoms with Gasteiger partial charge >= 0.3 is 0 Å². The second kappa shape index (κ2) is 7.53. The fourth-order valence-corrected chi connectivity index (χ4v) is 1.96. The number of hydrogen-bond donors (Lipinski definition) is 2. The molecule has 0 radical (unpaired) electrons. The maximum absolute atomic E-state index is 5.31. The van der Waals surface area contributed by atoms with Gasteiger partial charge in [-0.15, -0.1) is 0 Å². The van der Waals surface area contributed by atoms with Gasteiger partial charge in [-0.25, -0.2) is 9.97 Å². The number of furan rings is 1. The molecule has 2 aromatic rings. The molecule has 2 rings (SSSR count). The second-order valence-corrected chi connectivity index (χ2v) is 4.59. The minimum absolute atomic E-state index is 0.793. The van der Waals surface area contributed by atoms with Crippen LogP contribution in [0.2, 0.25) is 0 Å². The van der Waals surface area contributed by atoms with E-state index in [-0.39, 0.29) is 0 Å². The van der Waals surface area contributed by atoms with Crippen molar-refractivity contribution in [3.05, 3.63) is 36.0 Å². The van der Waals surface area contributed by atoms with E-state index in [9.17, 15) is 0 Å². The van der Waals surface area contributed by atoms with Crippen LogP contribution >= 0.6 is 0 Å². The molecule has 0 aliphatic heterocycles. The van der Waals surface area contributed by atoms with Gasteiger partial charge in [0.05, 0.1) is 6.26 Å². The quantitative estimate of drug-likeness (QED) is 0.774. The van der Waals surface area contributed by atoms with Crippen LogP contribution in [-0.4, -0.2) is 23.1 Å². The Morgan fingerprint density at radius 3 is 2.55 bits per heavy atom. The number of anilines is 2. The predicted molar refractivity (Wildman–Crippen MR) is 81.1 cm³/mol. The van der Waals surface area contributed by atoms with Gasteiger partial charge in [0, 0.05) is 32.0 Å². The Kier molecular flexibility index (Phi) is 5.41. The molecule has 0 atom stereocenters. The molecule has 20 heavy (non-hydrogen) atoms. The van der Waals surface area contributed by atoms with Crippen molar-refractivity contribution in [3.63, 3.8) is 0 Å². The summed E-state index contributed by atoms with van der Waals surface area (Å²) >= 11 is 0. The van der Waals surface area contributed by atoms with Crippen molar-refractivity contribution in [2.75, 3.05) is 23.7 Å². The lowest BCUT2D eigenvalue weighted by atomic mass is 10.3. The van der Waals surface area contributed by atoms with Gasteiger partial charge in [-0.05, 0) is 25.5 Å². The molecule has 2 N–H and O–H groups in total. The Labute approximate surface area is 119 Å². The SMILES string of the molecule is CCCc1nc(NCC)cc(NCCc2ccco2)n1. The molecule has 2 aromatic heterocycles. The lowest BCUT2D eigenvalue weighted by molar-refractivity contribution is 0.513. The van der Waals surface area contributed by atoms with Crippen LogP contribution in [-0.2, 0) is 12.8 Å². The molecule has 0 fully saturated rings. The predicted octanol–water partition coefficient (Wildman–Crippen LogP) is 3.11. The Morgan fingerprint density at radius 2 is 1.90 bits per heavy atom. The van der Waals surface area contributed by atoms with E-state index in [2.05, 4.69) is 34.4 Å². The average Bonchev–Trinajstić information content (AvgIpc) is 2.92. The summed E-state index contributed by atoms with van der Waals surface area (Å²) in [7, 11) is 0. The molecule has 0 spiro atoms. The van der Waals surface area contributed by atoms with Crippen molar-refractivity contribution in [3.8, 4) is 0 Å². The number of rotatable bonds is 8.